The van der Waals surface area contributed by atoms with Crippen molar-refractivity contribution in [1.29, 1.82) is 0 Å². The molecule has 1 aliphatic rings. The quantitative estimate of drug-likeness (QED) is 0.829. The molecule has 0 unspecified atom stereocenters. The first kappa shape index (κ1) is 13.4. The van der Waals surface area contributed by atoms with Gasteiger partial charge in [0.1, 0.15) is 0 Å². The van der Waals surface area contributed by atoms with E-state index < -0.39 is 0 Å². The SMILES string of the molecule is Clc1ccc(NCCN2CCOCC2)c(I)c1. The van der Waals surface area contributed by atoms with Crippen molar-refractivity contribution in [2.24, 2.45) is 0 Å². The van der Waals surface area contributed by atoms with Crippen molar-refractivity contribution < 1.29 is 4.74 Å². The van der Waals surface area contributed by atoms with Crippen LogP contribution < -0.4 is 5.32 Å². The lowest BCUT2D eigenvalue weighted by molar-refractivity contribution is 0.0398. The summed E-state index contributed by atoms with van der Waals surface area (Å²) in [7, 11) is 0. The average Bonchev–Trinajstić information content (AvgIpc) is 2.33. The maximum atomic E-state index is 5.92. The second kappa shape index (κ2) is 6.78. The van der Waals surface area contributed by atoms with Crippen molar-refractivity contribution in [3.05, 3.63) is 26.8 Å². The highest BCUT2D eigenvalue weighted by molar-refractivity contribution is 14.1. The molecule has 5 heteroatoms. The zero-order valence-electron chi connectivity index (χ0n) is 9.59. The van der Waals surface area contributed by atoms with Gasteiger partial charge < -0.3 is 10.1 Å². The van der Waals surface area contributed by atoms with E-state index in [1.807, 2.05) is 18.2 Å². The van der Waals surface area contributed by atoms with Crippen LogP contribution in [0.4, 0.5) is 5.69 Å². The molecular formula is C12H16ClIN2O. The number of morpholine rings is 1. The number of rotatable bonds is 4. The Morgan fingerprint density at radius 3 is 2.82 bits per heavy atom. The molecule has 3 nitrogen and oxygen atoms in total. The Kier molecular flexibility index (Phi) is 5.34. The van der Waals surface area contributed by atoms with Gasteiger partial charge in [-0.1, -0.05) is 11.6 Å². The van der Waals surface area contributed by atoms with Crippen molar-refractivity contribution in [3.63, 3.8) is 0 Å². The molecule has 2 rings (SSSR count). The normalized spacial score (nSPS) is 17.1. The molecule has 1 aliphatic heterocycles. The lowest BCUT2D eigenvalue weighted by atomic mass is 10.3. The summed E-state index contributed by atoms with van der Waals surface area (Å²) in [5.74, 6) is 0. The molecule has 1 heterocycles. The Morgan fingerprint density at radius 2 is 2.12 bits per heavy atom. The Labute approximate surface area is 121 Å². The topological polar surface area (TPSA) is 24.5 Å². The van der Waals surface area contributed by atoms with Crippen molar-refractivity contribution in [1.82, 2.24) is 4.90 Å². The van der Waals surface area contributed by atoms with E-state index in [-0.39, 0.29) is 0 Å². The summed E-state index contributed by atoms with van der Waals surface area (Å²) in [5, 5.41) is 4.22. The summed E-state index contributed by atoms with van der Waals surface area (Å²) < 4.78 is 6.48. The fourth-order valence-electron chi connectivity index (χ4n) is 1.81. The Hall–Kier alpha value is -0.0400. The second-order valence-electron chi connectivity index (χ2n) is 4.00. The average molecular weight is 367 g/mol. The van der Waals surface area contributed by atoms with Gasteiger partial charge in [-0.3, -0.25) is 4.90 Å². The molecule has 1 aromatic rings. The predicted molar refractivity (Wildman–Crippen MR) is 79.9 cm³/mol. The highest BCUT2D eigenvalue weighted by atomic mass is 127. The van der Waals surface area contributed by atoms with E-state index in [9.17, 15) is 0 Å². The summed E-state index contributed by atoms with van der Waals surface area (Å²) in [5.41, 5.74) is 1.16. The zero-order chi connectivity index (χ0) is 12.1. The first-order valence-corrected chi connectivity index (χ1v) is 7.20. The van der Waals surface area contributed by atoms with Crippen molar-refractivity contribution in [2.75, 3.05) is 44.7 Å². The second-order valence-corrected chi connectivity index (χ2v) is 5.60. The number of nitrogens with one attached hydrogen (secondary N) is 1. The molecular weight excluding hydrogens is 351 g/mol. The van der Waals surface area contributed by atoms with Crippen LogP contribution in [-0.4, -0.2) is 44.3 Å². The maximum Gasteiger partial charge on any atom is 0.0594 e. The zero-order valence-corrected chi connectivity index (χ0v) is 12.5. The van der Waals surface area contributed by atoms with Gasteiger partial charge in [0.25, 0.3) is 0 Å². The molecule has 0 amide bonds. The minimum Gasteiger partial charge on any atom is -0.383 e. The van der Waals surface area contributed by atoms with Gasteiger partial charge in [-0.05, 0) is 40.8 Å². The summed E-state index contributed by atoms with van der Waals surface area (Å²) in [4.78, 5) is 2.42. The van der Waals surface area contributed by atoms with Gasteiger partial charge in [0.05, 0.1) is 13.2 Å². The number of benzene rings is 1. The van der Waals surface area contributed by atoms with Crippen LogP contribution in [0, 0.1) is 3.57 Å². The minimum absolute atomic E-state index is 0.785. The Bertz CT molecular complexity index is 370. The van der Waals surface area contributed by atoms with Gasteiger partial charge in [-0.15, -0.1) is 0 Å². The third kappa shape index (κ3) is 4.28. The van der Waals surface area contributed by atoms with E-state index in [0.717, 1.165) is 53.7 Å². The standard InChI is InChI=1S/C12H16ClIN2O/c13-10-1-2-12(11(14)9-10)15-3-4-16-5-7-17-8-6-16/h1-2,9,15H,3-8H2. The largest absolute Gasteiger partial charge is 0.383 e. The number of hydrogen-bond donors (Lipinski definition) is 1. The van der Waals surface area contributed by atoms with Crippen molar-refractivity contribution in [3.8, 4) is 0 Å². The van der Waals surface area contributed by atoms with Crippen LogP contribution in [0.15, 0.2) is 18.2 Å². The highest BCUT2D eigenvalue weighted by Gasteiger charge is 2.09. The van der Waals surface area contributed by atoms with Gasteiger partial charge in [0.2, 0.25) is 0 Å². The minimum atomic E-state index is 0.785. The Balaban J connectivity index is 1.77. The van der Waals surface area contributed by atoms with E-state index in [2.05, 4.69) is 32.8 Å². The van der Waals surface area contributed by atoms with Gasteiger partial charge in [-0.25, -0.2) is 0 Å². The molecule has 0 aromatic heterocycles. The number of ether oxygens (including phenoxy) is 1. The number of hydrogen-bond acceptors (Lipinski definition) is 3. The van der Waals surface area contributed by atoms with Gasteiger partial charge in [0.15, 0.2) is 0 Å². The third-order valence-corrected chi connectivity index (χ3v) is 3.91. The Morgan fingerprint density at radius 1 is 1.35 bits per heavy atom. The van der Waals surface area contributed by atoms with Crippen LogP contribution in [0.1, 0.15) is 0 Å². The molecule has 94 valence electrons. The van der Waals surface area contributed by atoms with Crippen molar-refractivity contribution >= 4 is 39.9 Å². The van der Waals surface area contributed by atoms with E-state index in [0.29, 0.717) is 0 Å². The molecule has 1 fully saturated rings. The van der Waals surface area contributed by atoms with Crippen LogP contribution in [-0.2, 0) is 4.74 Å². The van der Waals surface area contributed by atoms with Crippen LogP contribution in [0.25, 0.3) is 0 Å². The third-order valence-electron chi connectivity index (χ3n) is 2.78. The maximum absolute atomic E-state index is 5.92. The first-order chi connectivity index (χ1) is 8.25. The lowest BCUT2D eigenvalue weighted by Crippen LogP contribution is -2.39. The molecule has 1 aromatic carbocycles. The van der Waals surface area contributed by atoms with Crippen LogP contribution in [0.5, 0.6) is 0 Å². The van der Waals surface area contributed by atoms with Gasteiger partial charge in [-0.2, -0.15) is 0 Å². The smallest absolute Gasteiger partial charge is 0.0594 e. The summed E-state index contributed by atoms with van der Waals surface area (Å²) >= 11 is 8.22. The summed E-state index contributed by atoms with van der Waals surface area (Å²) in [6.07, 6.45) is 0. The number of nitrogens with zero attached hydrogens (tertiary/aromatic N) is 1. The van der Waals surface area contributed by atoms with E-state index in [1.54, 1.807) is 0 Å². The molecule has 0 saturated carbocycles. The molecule has 0 radical (unpaired) electrons. The molecule has 1 saturated heterocycles. The van der Waals surface area contributed by atoms with Crippen molar-refractivity contribution in [2.45, 2.75) is 0 Å². The van der Waals surface area contributed by atoms with Gasteiger partial charge in [0, 0.05) is 40.5 Å². The molecule has 1 N–H and O–H groups in total. The summed E-state index contributed by atoms with van der Waals surface area (Å²) in [6.45, 7) is 5.81. The lowest BCUT2D eigenvalue weighted by Gasteiger charge is -2.26. The van der Waals surface area contributed by atoms with E-state index in [1.165, 1.54) is 0 Å². The van der Waals surface area contributed by atoms with Crippen LogP contribution in [0.3, 0.4) is 0 Å². The molecule has 17 heavy (non-hydrogen) atoms. The molecule has 0 aliphatic carbocycles. The molecule has 0 spiro atoms. The van der Waals surface area contributed by atoms with Gasteiger partial charge >= 0.3 is 0 Å². The van der Waals surface area contributed by atoms with Crippen LogP contribution in [0.2, 0.25) is 5.02 Å². The van der Waals surface area contributed by atoms with E-state index >= 15 is 0 Å². The number of anilines is 1. The fraction of sp³-hybridized carbons (Fsp3) is 0.500. The monoisotopic (exact) mass is 366 g/mol. The predicted octanol–water partition coefficient (Wildman–Crippen LogP) is 2.69. The molecule has 0 atom stereocenters. The number of halogens is 2. The fourth-order valence-corrected chi connectivity index (χ4v) is 2.87. The first-order valence-electron chi connectivity index (χ1n) is 5.75. The summed E-state index contributed by atoms with van der Waals surface area (Å²) in [6, 6.07) is 5.92. The highest BCUT2D eigenvalue weighted by Crippen LogP contribution is 2.21. The van der Waals surface area contributed by atoms with E-state index in [4.69, 9.17) is 16.3 Å². The van der Waals surface area contributed by atoms with Crippen LogP contribution >= 0.6 is 34.2 Å². The molecule has 0 bridgehead atoms.